The van der Waals surface area contributed by atoms with Crippen molar-refractivity contribution in [2.45, 2.75) is 52.1 Å². The van der Waals surface area contributed by atoms with Crippen LogP contribution in [0.25, 0.3) is 0 Å². The van der Waals surface area contributed by atoms with Gasteiger partial charge < -0.3 is 10.6 Å². The van der Waals surface area contributed by atoms with Gasteiger partial charge in [-0.25, -0.2) is 0 Å². The van der Waals surface area contributed by atoms with Crippen LogP contribution >= 0.6 is 11.3 Å². The Morgan fingerprint density at radius 3 is 2.89 bits per heavy atom. The molecule has 4 heteroatoms. The Kier molecular flexibility index (Phi) is 5.40. The van der Waals surface area contributed by atoms with Gasteiger partial charge in [0.2, 0.25) is 5.91 Å². The highest BCUT2D eigenvalue weighted by Crippen LogP contribution is 2.20. The first-order valence-electron chi connectivity index (χ1n) is 7.31. The van der Waals surface area contributed by atoms with Crippen molar-refractivity contribution >= 4 is 17.2 Å². The first-order valence-corrected chi connectivity index (χ1v) is 8.13. The van der Waals surface area contributed by atoms with Gasteiger partial charge in [-0.1, -0.05) is 20.3 Å². The summed E-state index contributed by atoms with van der Waals surface area (Å²) in [6.45, 7) is 6.00. The van der Waals surface area contributed by atoms with Crippen molar-refractivity contribution in [1.82, 2.24) is 10.6 Å². The van der Waals surface area contributed by atoms with Gasteiger partial charge in [0, 0.05) is 9.75 Å². The Balaban J connectivity index is 1.80. The van der Waals surface area contributed by atoms with E-state index < -0.39 is 0 Å². The van der Waals surface area contributed by atoms with E-state index in [2.05, 4.69) is 36.6 Å². The molecular weight excluding hydrogens is 256 g/mol. The van der Waals surface area contributed by atoms with Gasteiger partial charge in [-0.2, -0.15) is 0 Å². The molecule has 2 N–H and O–H groups in total. The Bertz CT molecular complexity index is 416. The topological polar surface area (TPSA) is 41.1 Å². The average Bonchev–Trinajstić information content (AvgIpc) is 2.93. The maximum atomic E-state index is 12.1. The molecular formula is C15H24N2OS. The Hall–Kier alpha value is -0.870. The molecule has 2 atom stereocenters. The third-order valence-corrected chi connectivity index (χ3v) is 5.14. The zero-order chi connectivity index (χ0) is 13.7. The van der Waals surface area contributed by atoms with Gasteiger partial charge in [-0.15, -0.1) is 11.3 Å². The van der Waals surface area contributed by atoms with Crippen LogP contribution in [-0.4, -0.2) is 18.5 Å². The monoisotopic (exact) mass is 280 g/mol. The van der Waals surface area contributed by atoms with Gasteiger partial charge >= 0.3 is 0 Å². The van der Waals surface area contributed by atoms with E-state index in [-0.39, 0.29) is 11.9 Å². The van der Waals surface area contributed by atoms with E-state index in [1.165, 1.54) is 22.6 Å². The van der Waals surface area contributed by atoms with Crippen molar-refractivity contribution in [3.05, 3.63) is 21.9 Å². The first-order chi connectivity index (χ1) is 9.22. The summed E-state index contributed by atoms with van der Waals surface area (Å²) in [6, 6.07) is 4.27. The number of nitrogens with one attached hydrogen (secondary N) is 2. The van der Waals surface area contributed by atoms with E-state index in [4.69, 9.17) is 0 Å². The number of rotatable bonds is 5. The normalized spacial score (nSPS) is 23.3. The molecule has 0 radical (unpaired) electrons. The molecule has 19 heavy (non-hydrogen) atoms. The number of piperidine rings is 1. The second kappa shape index (κ2) is 7.06. The molecule has 0 spiro atoms. The van der Waals surface area contributed by atoms with Crippen molar-refractivity contribution in [2.24, 2.45) is 5.92 Å². The summed E-state index contributed by atoms with van der Waals surface area (Å²) < 4.78 is 0. The van der Waals surface area contributed by atoms with Gasteiger partial charge in [-0.05, 0) is 43.9 Å². The molecule has 2 heterocycles. The van der Waals surface area contributed by atoms with E-state index in [1.54, 1.807) is 11.3 Å². The maximum Gasteiger partial charge on any atom is 0.237 e. The quantitative estimate of drug-likeness (QED) is 0.870. The summed E-state index contributed by atoms with van der Waals surface area (Å²) in [5.41, 5.74) is 0. The molecule has 1 fully saturated rings. The number of amides is 1. The minimum Gasteiger partial charge on any atom is -0.350 e. The molecule has 1 saturated heterocycles. The molecule has 1 aromatic rings. The lowest BCUT2D eigenvalue weighted by Gasteiger charge is -2.28. The van der Waals surface area contributed by atoms with E-state index in [0.29, 0.717) is 12.5 Å². The molecule has 0 saturated carbocycles. The highest BCUT2D eigenvalue weighted by Gasteiger charge is 2.25. The van der Waals surface area contributed by atoms with Gasteiger partial charge in [0.15, 0.2) is 0 Å². The summed E-state index contributed by atoms with van der Waals surface area (Å²) in [5, 5.41) is 6.39. The van der Waals surface area contributed by atoms with E-state index in [9.17, 15) is 4.79 Å². The third-order valence-electron chi connectivity index (χ3n) is 3.91. The van der Waals surface area contributed by atoms with Crippen molar-refractivity contribution in [3.63, 3.8) is 0 Å². The largest absolute Gasteiger partial charge is 0.350 e. The summed E-state index contributed by atoms with van der Waals surface area (Å²) in [6.07, 6.45) is 4.43. The van der Waals surface area contributed by atoms with Crippen LogP contribution in [0, 0.1) is 5.92 Å². The van der Waals surface area contributed by atoms with Gasteiger partial charge in [0.1, 0.15) is 0 Å². The molecule has 0 aromatic carbocycles. The number of carbonyl (C=O) groups is 1. The molecule has 1 amide bonds. The first kappa shape index (κ1) is 14.5. The van der Waals surface area contributed by atoms with E-state index in [1.807, 2.05) is 0 Å². The molecule has 2 rings (SSSR count). The molecule has 1 aliphatic heterocycles. The maximum absolute atomic E-state index is 12.1. The number of hydrogen-bond acceptors (Lipinski definition) is 3. The van der Waals surface area contributed by atoms with Crippen LogP contribution in [0.15, 0.2) is 12.1 Å². The van der Waals surface area contributed by atoms with Crippen molar-refractivity contribution in [1.29, 1.82) is 0 Å². The predicted octanol–water partition coefficient (Wildman–Crippen LogP) is 2.70. The zero-order valence-electron chi connectivity index (χ0n) is 11.9. The van der Waals surface area contributed by atoms with Crippen LogP contribution in [0.3, 0.4) is 0 Å². The molecule has 106 valence electrons. The highest BCUT2D eigenvalue weighted by atomic mass is 32.1. The van der Waals surface area contributed by atoms with Crippen LogP contribution in [0.5, 0.6) is 0 Å². The van der Waals surface area contributed by atoms with Gasteiger partial charge in [0.05, 0.1) is 12.6 Å². The minimum absolute atomic E-state index is 0.00399. The number of aryl methyl sites for hydroxylation is 1. The summed E-state index contributed by atoms with van der Waals surface area (Å²) in [5.74, 6) is 0.857. The Morgan fingerprint density at radius 2 is 2.21 bits per heavy atom. The second-order valence-corrected chi connectivity index (χ2v) is 6.50. The summed E-state index contributed by atoms with van der Waals surface area (Å²) in [7, 11) is 0. The smallest absolute Gasteiger partial charge is 0.237 e. The van der Waals surface area contributed by atoms with E-state index >= 15 is 0 Å². The second-order valence-electron chi connectivity index (χ2n) is 5.24. The summed E-state index contributed by atoms with van der Waals surface area (Å²) in [4.78, 5) is 14.8. The Morgan fingerprint density at radius 1 is 1.42 bits per heavy atom. The van der Waals surface area contributed by atoms with Gasteiger partial charge in [-0.3, -0.25) is 4.79 Å². The molecule has 2 unspecified atom stereocenters. The average molecular weight is 280 g/mol. The molecule has 1 aliphatic rings. The van der Waals surface area contributed by atoms with Crippen molar-refractivity contribution < 1.29 is 4.79 Å². The van der Waals surface area contributed by atoms with Crippen LogP contribution < -0.4 is 10.6 Å². The number of hydrogen-bond donors (Lipinski definition) is 2. The molecule has 0 aliphatic carbocycles. The van der Waals surface area contributed by atoms with Crippen LogP contribution in [-0.2, 0) is 17.8 Å². The predicted molar refractivity (Wildman–Crippen MR) is 80.3 cm³/mol. The van der Waals surface area contributed by atoms with Crippen LogP contribution in [0.4, 0.5) is 0 Å². The third kappa shape index (κ3) is 4.05. The van der Waals surface area contributed by atoms with E-state index in [0.717, 1.165) is 19.4 Å². The van der Waals surface area contributed by atoms with Crippen molar-refractivity contribution in [2.75, 3.05) is 6.54 Å². The fourth-order valence-electron chi connectivity index (χ4n) is 2.57. The molecule has 0 bridgehead atoms. The Labute approximate surface area is 119 Å². The minimum atomic E-state index is 0.00399. The highest BCUT2D eigenvalue weighted by molar-refractivity contribution is 7.11. The SMILES string of the molecule is CCc1ccc(CNC(=O)C2CC(CC)CCN2)s1. The van der Waals surface area contributed by atoms with Crippen LogP contribution in [0.2, 0.25) is 0 Å². The molecule has 3 nitrogen and oxygen atoms in total. The fourth-order valence-corrected chi connectivity index (χ4v) is 3.47. The fraction of sp³-hybridized carbons (Fsp3) is 0.667. The summed E-state index contributed by atoms with van der Waals surface area (Å²) >= 11 is 1.79. The number of carbonyl (C=O) groups excluding carboxylic acids is 1. The van der Waals surface area contributed by atoms with Gasteiger partial charge in [0.25, 0.3) is 0 Å². The standard InChI is InChI=1S/C15H24N2OS/c1-3-11-7-8-16-14(9-11)15(18)17-10-13-6-5-12(4-2)19-13/h5-6,11,14,16H,3-4,7-10H2,1-2H3,(H,17,18). The lowest BCUT2D eigenvalue weighted by atomic mass is 9.90. The van der Waals surface area contributed by atoms with Crippen molar-refractivity contribution in [3.8, 4) is 0 Å². The molecule has 1 aromatic heterocycles. The lowest BCUT2D eigenvalue weighted by Crippen LogP contribution is -2.48. The van der Waals surface area contributed by atoms with Crippen LogP contribution in [0.1, 0.15) is 42.9 Å². The lowest BCUT2D eigenvalue weighted by molar-refractivity contribution is -0.124. The number of thiophene rings is 1. The zero-order valence-corrected chi connectivity index (χ0v) is 12.7.